The molecule has 1 heterocycles. The van der Waals surface area contributed by atoms with Crippen molar-refractivity contribution in [2.24, 2.45) is 0 Å². The van der Waals surface area contributed by atoms with Crippen LogP contribution in [-0.4, -0.2) is 30.0 Å². The Labute approximate surface area is 178 Å². The number of hydrogen-bond donors (Lipinski definition) is 1. The van der Waals surface area contributed by atoms with Gasteiger partial charge >= 0.3 is 0 Å². The lowest BCUT2D eigenvalue weighted by Crippen LogP contribution is -2.61. The molecule has 0 radical (unpaired) electrons. The summed E-state index contributed by atoms with van der Waals surface area (Å²) in [6, 6.07) is 29.6. The molecule has 1 saturated heterocycles. The Balaban J connectivity index is 1.60. The van der Waals surface area contributed by atoms with Gasteiger partial charge in [-0.05, 0) is 23.6 Å². The Morgan fingerprint density at radius 3 is 1.87 bits per heavy atom. The van der Waals surface area contributed by atoms with Crippen molar-refractivity contribution in [1.82, 2.24) is 0 Å². The normalized spacial score (nSPS) is 26.4. The lowest BCUT2D eigenvalue weighted by molar-refractivity contribution is -0.271. The highest BCUT2D eigenvalue weighted by Gasteiger charge is 2.52. The minimum atomic E-state index is -1.32. The van der Waals surface area contributed by atoms with E-state index in [4.69, 9.17) is 14.2 Å². The molecule has 4 heteroatoms. The van der Waals surface area contributed by atoms with E-state index in [1.807, 2.05) is 97.9 Å². The van der Waals surface area contributed by atoms with Crippen LogP contribution in [0, 0.1) is 0 Å². The summed E-state index contributed by atoms with van der Waals surface area (Å²) >= 11 is 0. The lowest BCUT2D eigenvalue weighted by atomic mass is 9.79. The molecule has 30 heavy (non-hydrogen) atoms. The molecule has 1 N–H and O–H groups in total. The van der Waals surface area contributed by atoms with Crippen molar-refractivity contribution in [3.8, 4) is 0 Å². The van der Waals surface area contributed by atoms with E-state index < -0.39 is 23.9 Å². The average molecular weight is 405 g/mol. The Hall–Kier alpha value is -2.50. The topological polar surface area (TPSA) is 47.9 Å². The molecule has 4 nitrogen and oxygen atoms in total. The summed E-state index contributed by atoms with van der Waals surface area (Å²) in [7, 11) is 0. The monoisotopic (exact) mass is 404 g/mol. The Kier molecular flexibility index (Phi) is 6.60. The van der Waals surface area contributed by atoms with Gasteiger partial charge in [-0.25, -0.2) is 0 Å². The third-order valence-corrected chi connectivity index (χ3v) is 5.72. The summed E-state index contributed by atoms with van der Waals surface area (Å²) in [5.41, 5.74) is 1.56. The SMILES string of the molecule is CC1OCC(OCc2ccccc2)[C@@H](OCc2ccccc2)[C@@]1(O)c1ccccc1. The second-order valence-electron chi connectivity index (χ2n) is 7.72. The zero-order valence-electron chi connectivity index (χ0n) is 17.2. The van der Waals surface area contributed by atoms with Crippen molar-refractivity contribution >= 4 is 0 Å². The van der Waals surface area contributed by atoms with Crippen molar-refractivity contribution in [1.29, 1.82) is 0 Å². The first-order valence-electron chi connectivity index (χ1n) is 10.4. The molecular formula is C26H28O4. The number of hydrogen-bond acceptors (Lipinski definition) is 4. The Morgan fingerprint density at radius 2 is 1.30 bits per heavy atom. The average Bonchev–Trinajstić information content (AvgIpc) is 2.81. The lowest BCUT2D eigenvalue weighted by Gasteiger charge is -2.47. The van der Waals surface area contributed by atoms with Crippen LogP contribution in [0.5, 0.6) is 0 Å². The van der Waals surface area contributed by atoms with Gasteiger partial charge in [0, 0.05) is 0 Å². The summed E-state index contributed by atoms with van der Waals surface area (Å²) in [5, 5.41) is 11.9. The molecule has 3 aromatic carbocycles. The maximum atomic E-state index is 11.9. The van der Waals surface area contributed by atoms with E-state index in [1.165, 1.54) is 0 Å². The number of benzene rings is 3. The first-order valence-corrected chi connectivity index (χ1v) is 10.4. The summed E-state index contributed by atoms with van der Waals surface area (Å²) in [5.74, 6) is 0. The van der Waals surface area contributed by atoms with E-state index in [2.05, 4.69) is 0 Å². The molecule has 4 atom stereocenters. The molecule has 1 aliphatic rings. The van der Waals surface area contributed by atoms with Crippen LogP contribution in [0.25, 0.3) is 0 Å². The van der Waals surface area contributed by atoms with Crippen LogP contribution in [0.2, 0.25) is 0 Å². The maximum absolute atomic E-state index is 11.9. The van der Waals surface area contributed by atoms with Gasteiger partial charge in [-0.3, -0.25) is 0 Å². The quantitative estimate of drug-likeness (QED) is 0.631. The molecule has 0 amide bonds. The fraction of sp³-hybridized carbons (Fsp3) is 0.308. The predicted molar refractivity (Wildman–Crippen MR) is 116 cm³/mol. The minimum absolute atomic E-state index is 0.364. The van der Waals surface area contributed by atoms with E-state index in [-0.39, 0.29) is 0 Å². The van der Waals surface area contributed by atoms with Crippen molar-refractivity contribution in [2.75, 3.05) is 6.61 Å². The number of aliphatic hydroxyl groups is 1. The third kappa shape index (κ3) is 4.47. The van der Waals surface area contributed by atoms with Gasteiger partial charge in [-0.1, -0.05) is 91.0 Å². The summed E-state index contributed by atoms with van der Waals surface area (Å²) in [6.07, 6.45) is -1.42. The smallest absolute Gasteiger partial charge is 0.144 e. The summed E-state index contributed by atoms with van der Waals surface area (Å²) in [6.45, 7) is 3.07. The van der Waals surface area contributed by atoms with Crippen molar-refractivity contribution < 1.29 is 19.3 Å². The number of rotatable bonds is 7. The molecular weight excluding hydrogens is 376 g/mol. The van der Waals surface area contributed by atoms with Crippen LogP contribution in [0.1, 0.15) is 23.6 Å². The van der Waals surface area contributed by atoms with Crippen LogP contribution in [-0.2, 0) is 33.0 Å². The molecule has 0 bridgehead atoms. The molecule has 0 aromatic heterocycles. The van der Waals surface area contributed by atoms with Crippen molar-refractivity contribution in [3.63, 3.8) is 0 Å². The van der Waals surface area contributed by atoms with Crippen LogP contribution in [0.15, 0.2) is 91.0 Å². The zero-order valence-corrected chi connectivity index (χ0v) is 17.2. The van der Waals surface area contributed by atoms with Crippen LogP contribution >= 0.6 is 0 Å². The van der Waals surface area contributed by atoms with Gasteiger partial charge in [-0.15, -0.1) is 0 Å². The molecule has 4 rings (SSSR count). The molecule has 1 aliphatic heterocycles. The molecule has 2 unspecified atom stereocenters. The van der Waals surface area contributed by atoms with Crippen LogP contribution in [0.4, 0.5) is 0 Å². The highest BCUT2D eigenvalue weighted by Crippen LogP contribution is 2.39. The molecule has 0 saturated carbocycles. The van der Waals surface area contributed by atoms with Gasteiger partial charge in [0.25, 0.3) is 0 Å². The molecule has 0 spiro atoms. The molecule has 3 aromatic rings. The van der Waals surface area contributed by atoms with Gasteiger partial charge in [0.2, 0.25) is 0 Å². The first-order chi connectivity index (χ1) is 14.7. The standard InChI is InChI=1S/C26H28O4/c1-20-26(27,23-15-9-4-10-16-23)25(30-18-22-13-7-3-8-14-22)24(19-28-20)29-17-21-11-5-2-6-12-21/h2-16,20,24-25,27H,17-19H2,1H3/t20?,24?,25-,26+/m1/s1. The Bertz CT molecular complexity index is 900. The molecule has 156 valence electrons. The predicted octanol–water partition coefficient (Wildman–Crippen LogP) is 4.46. The highest BCUT2D eigenvalue weighted by atomic mass is 16.6. The van der Waals surface area contributed by atoms with E-state index in [0.29, 0.717) is 19.8 Å². The van der Waals surface area contributed by atoms with Gasteiger partial charge in [-0.2, -0.15) is 0 Å². The number of ether oxygens (including phenoxy) is 3. The largest absolute Gasteiger partial charge is 0.380 e. The van der Waals surface area contributed by atoms with Gasteiger partial charge in [0.15, 0.2) is 0 Å². The van der Waals surface area contributed by atoms with E-state index in [1.54, 1.807) is 0 Å². The second-order valence-corrected chi connectivity index (χ2v) is 7.72. The fourth-order valence-electron chi connectivity index (χ4n) is 3.98. The third-order valence-electron chi connectivity index (χ3n) is 5.72. The minimum Gasteiger partial charge on any atom is -0.380 e. The second kappa shape index (κ2) is 9.54. The van der Waals surface area contributed by atoms with E-state index in [0.717, 1.165) is 16.7 Å². The van der Waals surface area contributed by atoms with Crippen molar-refractivity contribution in [3.05, 3.63) is 108 Å². The fourth-order valence-corrected chi connectivity index (χ4v) is 3.98. The van der Waals surface area contributed by atoms with Gasteiger partial charge in [0.1, 0.15) is 17.8 Å². The molecule has 1 fully saturated rings. The molecule has 0 aliphatic carbocycles. The zero-order chi connectivity index (χ0) is 20.8. The van der Waals surface area contributed by atoms with Gasteiger partial charge in [0.05, 0.1) is 25.9 Å². The van der Waals surface area contributed by atoms with Crippen LogP contribution < -0.4 is 0 Å². The Morgan fingerprint density at radius 1 is 0.800 bits per heavy atom. The van der Waals surface area contributed by atoms with E-state index in [9.17, 15) is 5.11 Å². The highest BCUT2D eigenvalue weighted by molar-refractivity contribution is 5.27. The van der Waals surface area contributed by atoms with E-state index >= 15 is 0 Å². The van der Waals surface area contributed by atoms with Crippen LogP contribution in [0.3, 0.4) is 0 Å². The maximum Gasteiger partial charge on any atom is 0.144 e. The summed E-state index contributed by atoms with van der Waals surface area (Å²) < 4.78 is 18.6. The first kappa shape index (κ1) is 20.8. The van der Waals surface area contributed by atoms with Gasteiger partial charge < -0.3 is 19.3 Å². The summed E-state index contributed by atoms with van der Waals surface area (Å²) in [4.78, 5) is 0. The van der Waals surface area contributed by atoms with Crippen molar-refractivity contribution in [2.45, 2.75) is 44.1 Å².